The second-order valence-electron chi connectivity index (χ2n) is 8.63. The number of fused-ring (bicyclic) bond motifs is 1. The quantitative estimate of drug-likeness (QED) is 0.418. The van der Waals surface area contributed by atoms with Gasteiger partial charge in [0.2, 0.25) is 10.0 Å². The number of benzene rings is 1. The summed E-state index contributed by atoms with van der Waals surface area (Å²) in [5.41, 5.74) is 1.85. The van der Waals surface area contributed by atoms with E-state index in [1.807, 2.05) is 4.90 Å². The lowest BCUT2D eigenvalue weighted by Gasteiger charge is -2.32. The highest BCUT2D eigenvalue weighted by Crippen LogP contribution is 2.46. The maximum Gasteiger partial charge on any atom is 0.333 e. The van der Waals surface area contributed by atoms with E-state index >= 15 is 0 Å². The number of sulfonamides is 1. The van der Waals surface area contributed by atoms with Gasteiger partial charge in [-0.3, -0.25) is 4.99 Å². The van der Waals surface area contributed by atoms with Gasteiger partial charge in [0, 0.05) is 58.6 Å². The SMILES string of the molecule is CCCS(=O)(=O)N[C@H]1CC2=C(c3ccn(C(F)F)n3)[C@H](c3ccc(F)cc3Cl)N=C(c3nccs3)N2C1. The van der Waals surface area contributed by atoms with E-state index in [9.17, 15) is 21.6 Å². The third-order valence-corrected chi connectivity index (χ3v) is 8.78. The number of aromatic nitrogens is 3. The van der Waals surface area contributed by atoms with Crippen LogP contribution in [0.15, 0.2) is 52.7 Å². The first kappa shape index (κ1) is 25.9. The lowest BCUT2D eigenvalue weighted by atomic mass is 9.92. The van der Waals surface area contributed by atoms with E-state index in [4.69, 9.17) is 16.6 Å². The predicted octanol–water partition coefficient (Wildman–Crippen LogP) is 4.84. The van der Waals surface area contributed by atoms with Crippen LogP contribution in [0.1, 0.15) is 48.6 Å². The molecule has 8 nitrogen and oxygen atoms in total. The highest BCUT2D eigenvalue weighted by molar-refractivity contribution is 7.89. The van der Waals surface area contributed by atoms with Gasteiger partial charge in [0.05, 0.1) is 11.4 Å². The molecule has 37 heavy (non-hydrogen) atoms. The molecule has 2 aliphatic heterocycles. The van der Waals surface area contributed by atoms with Crippen molar-refractivity contribution >= 4 is 44.4 Å². The van der Waals surface area contributed by atoms with Crippen molar-refractivity contribution in [2.75, 3.05) is 12.3 Å². The topological polar surface area (TPSA) is 92.5 Å². The largest absolute Gasteiger partial charge is 0.333 e. The number of rotatable bonds is 8. The summed E-state index contributed by atoms with van der Waals surface area (Å²) in [4.78, 5) is 11.2. The molecule has 0 saturated carbocycles. The first-order chi connectivity index (χ1) is 17.7. The third kappa shape index (κ3) is 5.17. The monoisotopic (exact) mass is 570 g/mol. The molecule has 1 aromatic carbocycles. The van der Waals surface area contributed by atoms with Crippen molar-refractivity contribution in [1.29, 1.82) is 0 Å². The van der Waals surface area contributed by atoms with Crippen molar-refractivity contribution < 1.29 is 21.6 Å². The highest BCUT2D eigenvalue weighted by atomic mass is 35.5. The molecule has 3 aromatic rings. The fourth-order valence-corrected chi connectivity index (χ4v) is 6.85. The van der Waals surface area contributed by atoms with Crippen LogP contribution in [0.5, 0.6) is 0 Å². The van der Waals surface area contributed by atoms with Crippen LogP contribution in [-0.2, 0) is 10.0 Å². The van der Waals surface area contributed by atoms with E-state index < -0.39 is 34.5 Å². The van der Waals surface area contributed by atoms with Gasteiger partial charge in [0.15, 0.2) is 10.8 Å². The minimum absolute atomic E-state index is 0.0184. The Bertz CT molecular complexity index is 1470. The van der Waals surface area contributed by atoms with E-state index in [0.717, 1.165) is 12.3 Å². The molecule has 1 saturated heterocycles. The van der Waals surface area contributed by atoms with Gasteiger partial charge < -0.3 is 4.90 Å². The van der Waals surface area contributed by atoms with Gasteiger partial charge in [-0.15, -0.1) is 11.3 Å². The van der Waals surface area contributed by atoms with E-state index in [1.54, 1.807) is 18.5 Å². The Balaban J connectivity index is 1.68. The molecule has 14 heteroatoms. The minimum Gasteiger partial charge on any atom is -0.326 e. The van der Waals surface area contributed by atoms with Crippen molar-refractivity contribution in [3.63, 3.8) is 0 Å². The molecule has 196 valence electrons. The molecule has 0 amide bonds. The second kappa shape index (κ2) is 10.2. The highest BCUT2D eigenvalue weighted by Gasteiger charge is 2.41. The summed E-state index contributed by atoms with van der Waals surface area (Å²) >= 11 is 7.79. The third-order valence-electron chi connectivity index (χ3n) is 6.04. The number of nitrogens with zero attached hydrogens (tertiary/aromatic N) is 5. The zero-order chi connectivity index (χ0) is 26.3. The molecule has 2 atom stereocenters. The number of hydrogen-bond acceptors (Lipinski definition) is 7. The molecular weight excluding hydrogens is 549 g/mol. The van der Waals surface area contributed by atoms with Crippen molar-refractivity contribution in [3.05, 3.63) is 74.8 Å². The van der Waals surface area contributed by atoms with Crippen molar-refractivity contribution in [1.82, 2.24) is 24.4 Å². The van der Waals surface area contributed by atoms with E-state index in [-0.39, 0.29) is 29.4 Å². The number of thiazole rings is 1. The molecule has 1 fully saturated rings. The molecule has 0 radical (unpaired) electrons. The minimum atomic E-state index is -3.53. The Morgan fingerprint density at radius 2 is 2.11 bits per heavy atom. The average Bonchev–Trinajstić information content (AvgIpc) is 3.58. The molecule has 0 unspecified atom stereocenters. The van der Waals surface area contributed by atoms with Gasteiger partial charge in [-0.2, -0.15) is 13.9 Å². The summed E-state index contributed by atoms with van der Waals surface area (Å²) in [5, 5.41) is 6.58. The lowest BCUT2D eigenvalue weighted by molar-refractivity contribution is 0.0564. The molecule has 2 aromatic heterocycles. The van der Waals surface area contributed by atoms with Crippen molar-refractivity contribution in [2.24, 2.45) is 4.99 Å². The Hall–Kier alpha value is -2.74. The summed E-state index contributed by atoms with van der Waals surface area (Å²) in [6.07, 6.45) is 3.52. The lowest BCUT2D eigenvalue weighted by Crippen LogP contribution is -2.40. The first-order valence-corrected chi connectivity index (χ1v) is 14.3. The van der Waals surface area contributed by atoms with Crippen LogP contribution in [0.25, 0.3) is 5.57 Å². The zero-order valence-electron chi connectivity index (χ0n) is 19.5. The molecule has 0 bridgehead atoms. The van der Waals surface area contributed by atoms with Gasteiger partial charge in [0.1, 0.15) is 11.9 Å². The molecular formula is C23H22ClF3N6O2S2. The Morgan fingerprint density at radius 1 is 1.30 bits per heavy atom. The number of aliphatic imine (C=N–C) groups is 1. The second-order valence-corrected chi connectivity index (χ2v) is 11.8. The van der Waals surface area contributed by atoms with E-state index in [2.05, 4.69) is 14.8 Å². The zero-order valence-corrected chi connectivity index (χ0v) is 21.9. The van der Waals surface area contributed by atoms with Crippen LogP contribution >= 0.6 is 22.9 Å². The molecule has 0 spiro atoms. The molecule has 5 rings (SSSR count). The predicted molar refractivity (Wildman–Crippen MR) is 136 cm³/mol. The number of halogens is 4. The van der Waals surface area contributed by atoms with Crippen LogP contribution in [-0.4, -0.2) is 52.3 Å². The summed E-state index contributed by atoms with van der Waals surface area (Å²) < 4.78 is 69.1. The van der Waals surface area contributed by atoms with Crippen LogP contribution in [0.4, 0.5) is 13.2 Å². The van der Waals surface area contributed by atoms with Gasteiger partial charge in [-0.25, -0.2) is 27.2 Å². The van der Waals surface area contributed by atoms with Crippen LogP contribution in [0.3, 0.4) is 0 Å². The Kier molecular flexibility index (Phi) is 7.14. The van der Waals surface area contributed by atoms with Crippen molar-refractivity contribution in [3.8, 4) is 0 Å². The van der Waals surface area contributed by atoms with E-state index in [1.165, 1.54) is 29.5 Å². The molecule has 0 aliphatic carbocycles. The number of alkyl halides is 2. The smallest absolute Gasteiger partial charge is 0.326 e. The van der Waals surface area contributed by atoms with E-state index in [0.29, 0.717) is 38.8 Å². The standard InChI is InChI=1S/C23H22ClF3N6O2S2/c1-2-9-37(34,35)31-14-11-18-19(17-5-7-33(30-17)23(26)27)20(15-4-3-13(25)10-16(15)24)29-21(32(18)12-14)22-28-6-8-36-22/h3-8,10,14,20,23,31H,2,9,11-12H2,1H3/t14-,20-/m0/s1. The summed E-state index contributed by atoms with van der Waals surface area (Å²) in [5.74, 6) is -0.0579. The normalized spacial score (nSPS) is 20.1. The summed E-state index contributed by atoms with van der Waals surface area (Å²) in [7, 11) is -3.53. The van der Waals surface area contributed by atoms with Gasteiger partial charge in [0.25, 0.3) is 0 Å². The summed E-state index contributed by atoms with van der Waals surface area (Å²) in [6.45, 7) is -0.806. The Labute approximate surface area is 220 Å². The maximum atomic E-state index is 13.9. The number of nitrogens with one attached hydrogen (secondary N) is 1. The Morgan fingerprint density at radius 3 is 2.76 bits per heavy atom. The molecule has 4 heterocycles. The number of hydrogen-bond donors (Lipinski definition) is 1. The molecule has 1 N–H and O–H groups in total. The van der Waals surface area contributed by atoms with Gasteiger partial charge in [-0.05, 0) is 24.6 Å². The maximum absolute atomic E-state index is 13.9. The van der Waals surface area contributed by atoms with Gasteiger partial charge >= 0.3 is 6.55 Å². The fraction of sp³-hybridized carbons (Fsp3) is 0.348. The molecule has 2 aliphatic rings. The average molecular weight is 571 g/mol. The number of amidine groups is 1. The first-order valence-electron chi connectivity index (χ1n) is 11.4. The van der Waals surface area contributed by atoms with Crippen LogP contribution in [0, 0.1) is 5.82 Å². The fourth-order valence-electron chi connectivity index (χ4n) is 4.61. The van der Waals surface area contributed by atoms with Crippen LogP contribution < -0.4 is 4.72 Å². The van der Waals surface area contributed by atoms with Crippen LogP contribution in [0.2, 0.25) is 5.02 Å². The van der Waals surface area contributed by atoms with Crippen molar-refractivity contribution in [2.45, 2.75) is 38.4 Å². The van der Waals surface area contributed by atoms with Gasteiger partial charge in [-0.1, -0.05) is 24.6 Å². The summed E-state index contributed by atoms with van der Waals surface area (Å²) in [6, 6.07) is 4.06.